The number of nitrogens with one attached hydrogen (secondary N) is 2. The molecule has 2 saturated carbocycles. The van der Waals surface area contributed by atoms with Gasteiger partial charge in [0.05, 0.1) is 12.7 Å². The second-order valence-electron chi connectivity index (χ2n) is 11.5. The topological polar surface area (TPSA) is 87.7 Å². The van der Waals surface area contributed by atoms with Crippen LogP contribution in [0.15, 0.2) is 66.7 Å². The van der Waals surface area contributed by atoms with Crippen LogP contribution in [0, 0.1) is 5.92 Å². The zero-order valence-electron chi connectivity index (χ0n) is 23.0. The maximum absolute atomic E-state index is 13.1. The van der Waals surface area contributed by atoms with E-state index in [2.05, 4.69) is 35.8 Å². The first-order chi connectivity index (χ1) is 19.3. The molecule has 0 radical (unpaired) electrons. The molecular formula is C33H35N3O4. The van der Waals surface area contributed by atoms with Crippen LogP contribution in [0.5, 0.6) is 0 Å². The van der Waals surface area contributed by atoms with Crippen LogP contribution in [-0.2, 0) is 29.0 Å². The van der Waals surface area contributed by atoms with Gasteiger partial charge in [0.25, 0.3) is 0 Å². The summed E-state index contributed by atoms with van der Waals surface area (Å²) in [5.74, 6) is -0.0208. The van der Waals surface area contributed by atoms with Gasteiger partial charge in [0.15, 0.2) is 0 Å². The van der Waals surface area contributed by atoms with Crippen LogP contribution < -0.4 is 10.6 Å². The molecule has 7 nitrogen and oxygen atoms in total. The van der Waals surface area contributed by atoms with Crippen LogP contribution >= 0.6 is 0 Å². The average molecular weight is 538 g/mol. The summed E-state index contributed by atoms with van der Waals surface area (Å²) in [5, 5.41) is 6.36. The highest BCUT2D eigenvalue weighted by Gasteiger charge is 2.44. The van der Waals surface area contributed by atoms with Crippen LogP contribution in [-0.4, -0.2) is 42.0 Å². The van der Waals surface area contributed by atoms with Crippen molar-refractivity contribution in [3.63, 3.8) is 0 Å². The van der Waals surface area contributed by atoms with E-state index >= 15 is 0 Å². The minimum absolute atomic E-state index is 0.000114. The van der Waals surface area contributed by atoms with E-state index in [1.807, 2.05) is 47.4 Å². The Bertz CT molecular complexity index is 1460. The van der Waals surface area contributed by atoms with Crippen molar-refractivity contribution in [3.8, 4) is 11.1 Å². The molecule has 3 aliphatic rings. The molecule has 2 atom stereocenters. The number of amides is 3. The molecule has 2 N–H and O–H groups in total. The van der Waals surface area contributed by atoms with E-state index in [0.29, 0.717) is 31.6 Å². The van der Waals surface area contributed by atoms with Crippen molar-refractivity contribution in [1.82, 2.24) is 15.5 Å². The number of rotatable bonds is 7. The zero-order valence-corrected chi connectivity index (χ0v) is 23.0. The minimum Gasteiger partial charge on any atom is -0.465 e. The predicted molar refractivity (Wildman–Crippen MR) is 153 cm³/mol. The number of fused-ring (bicyclic) bond motifs is 1. The number of urea groups is 1. The van der Waals surface area contributed by atoms with Gasteiger partial charge in [0, 0.05) is 31.1 Å². The molecule has 206 valence electrons. The molecule has 2 fully saturated rings. The average Bonchev–Trinajstić information content (AvgIpc) is 3.92. The van der Waals surface area contributed by atoms with Gasteiger partial charge in [-0.25, -0.2) is 9.59 Å². The number of ether oxygens (including phenoxy) is 1. The molecule has 0 spiro atoms. The summed E-state index contributed by atoms with van der Waals surface area (Å²) in [6.45, 7) is 3.57. The third-order valence-corrected chi connectivity index (χ3v) is 8.61. The van der Waals surface area contributed by atoms with Crippen molar-refractivity contribution in [2.45, 2.75) is 57.2 Å². The lowest BCUT2D eigenvalue weighted by molar-refractivity contribution is -0.122. The predicted octanol–water partition coefficient (Wildman–Crippen LogP) is 5.18. The van der Waals surface area contributed by atoms with Gasteiger partial charge < -0.3 is 20.3 Å². The molecule has 3 aromatic rings. The molecule has 0 saturated heterocycles. The zero-order chi connectivity index (χ0) is 27.9. The van der Waals surface area contributed by atoms with Gasteiger partial charge in [-0.2, -0.15) is 0 Å². The smallest absolute Gasteiger partial charge is 0.337 e. The Morgan fingerprint density at radius 3 is 2.55 bits per heavy atom. The van der Waals surface area contributed by atoms with Gasteiger partial charge in [-0.05, 0) is 84.0 Å². The van der Waals surface area contributed by atoms with E-state index in [1.54, 1.807) is 6.07 Å². The number of methoxy groups -OCH3 is 1. The van der Waals surface area contributed by atoms with Crippen LogP contribution in [0.25, 0.3) is 11.1 Å². The van der Waals surface area contributed by atoms with Crippen molar-refractivity contribution in [2.24, 2.45) is 5.92 Å². The van der Waals surface area contributed by atoms with E-state index in [9.17, 15) is 14.4 Å². The first-order valence-electron chi connectivity index (χ1n) is 14.1. The van der Waals surface area contributed by atoms with Crippen LogP contribution in [0.1, 0.15) is 64.7 Å². The molecule has 40 heavy (non-hydrogen) atoms. The fraction of sp³-hybridized carbons (Fsp3) is 0.364. The molecule has 7 heteroatoms. The Kier molecular flexibility index (Phi) is 6.82. The molecule has 0 aromatic heterocycles. The van der Waals surface area contributed by atoms with Gasteiger partial charge in [-0.1, -0.05) is 54.6 Å². The molecule has 1 aliphatic heterocycles. The SMILES string of the molecule is COC(=O)c1cccc(-c2ccc(CNC(=O)[C@@H]3C[C@H]3c3ccccc3)c3c2CCN(C(=O)NC2(C)CC2)C3)c1. The molecule has 6 rings (SSSR count). The highest BCUT2D eigenvalue weighted by atomic mass is 16.5. The van der Waals surface area contributed by atoms with Crippen molar-refractivity contribution in [2.75, 3.05) is 13.7 Å². The molecule has 1 heterocycles. The van der Waals surface area contributed by atoms with Crippen molar-refractivity contribution < 1.29 is 19.1 Å². The van der Waals surface area contributed by atoms with E-state index in [1.165, 1.54) is 12.7 Å². The Morgan fingerprint density at radius 2 is 1.80 bits per heavy atom. The van der Waals surface area contributed by atoms with E-state index in [4.69, 9.17) is 4.74 Å². The van der Waals surface area contributed by atoms with E-state index in [0.717, 1.165) is 47.1 Å². The first-order valence-corrected chi connectivity index (χ1v) is 14.1. The lowest BCUT2D eigenvalue weighted by Crippen LogP contribution is -2.47. The number of carbonyl (C=O) groups is 3. The highest BCUT2D eigenvalue weighted by molar-refractivity contribution is 5.91. The standard InChI is InChI=1S/C33H35N3O4/c1-33(14-15-33)35-32(39)36-16-13-26-25(22-9-6-10-23(17-22)31(38)40-2)12-11-24(29(26)20-36)19-34-30(37)28-18-27(28)21-7-4-3-5-8-21/h3-12,17,27-28H,13-16,18-20H2,1-2H3,(H,34,37)(H,35,39)/t27-,28+/m0/s1. The van der Waals surface area contributed by atoms with Gasteiger partial charge in [0.2, 0.25) is 5.91 Å². The fourth-order valence-electron chi connectivity index (χ4n) is 5.80. The Morgan fingerprint density at radius 1 is 1.00 bits per heavy atom. The van der Waals surface area contributed by atoms with Gasteiger partial charge in [0.1, 0.15) is 0 Å². The van der Waals surface area contributed by atoms with Gasteiger partial charge >= 0.3 is 12.0 Å². The maximum atomic E-state index is 13.1. The lowest BCUT2D eigenvalue weighted by Gasteiger charge is -2.33. The summed E-state index contributed by atoms with van der Waals surface area (Å²) in [5.41, 5.74) is 6.83. The van der Waals surface area contributed by atoms with E-state index < -0.39 is 0 Å². The number of carbonyl (C=O) groups excluding carboxylic acids is 3. The third-order valence-electron chi connectivity index (χ3n) is 8.61. The fourth-order valence-corrected chi connectivity index (χ4v) is 5.80. The van der Waals surface area contributed by atoms with E-state index in [-0.39, 0.29) is 35.3 Å². The van der Waals surface area contributed by atoms with Gasteiger partial charge in [-0.3, -0.25) is 4.79 Å². The summed E-state index contributed by atoms with van der Waals surface area (Å²) >= 11 is 0. The Labute approximate surface area is 234 Å². The normalized spacial score (nSPS) is 20.2. The number of hydrogen-bond donors (Lipinski definition) is 2. The minimum atomic E-state index is -0.375. The highest BCUT2D eigenvalue weighted by Crippen LogP contribution is 2.47. The molecule has 3 amide bonds. The summed E-state index contributed by atoms with van der Waals surface area (Å²) in [7, 11) is 1.38. The van der Waals surface area contributed by atoms with Crippen molar-refractivity contribution in [3.05, 3.63) is 94.5 Å². The van der Waals surface area contributed by atoms with Crippen LogP contribution in [0.2, 0.25) is 0 Å². The van der Waals surface area contributed by atoms with Crippen molar-refractivity contribution >= 4 is 17.9 Å². The second kappa shape index (κ2) is 10.5. The van der Waals surface area contributed by atoms with Crippen LogP contribution in [0.3, 0.4) is 0 Å². The van der Waals surface area contributed by atoms with Gasteiger partial charge in [-0.15, -0.1) is 0 Å². The molecular weight excluding hydrogens is 502 g/mol. The first kappa shape index (κ1) is 26.1. The Hall–Kier alpha value is -4.13. The molecule has 0 unspecified atom stereocenters. The summed E-state index contributed by atoms with van der Waals surface area (Å²) in [6.07, 6.45) is 3.58. The summed E-state index contributed by atoms with van der Waals surface area (Å²) < 4.78 is 4.93. The molecule has 0 bridgehead atoms. The third kappa shape index (κ3) is 5.33. The molecule has 3 aromatic carbocycles. The maximum Gasteiger partial charge on any atom is 0.337 e. The monoisotopic (exact) mass is 537 g/mol. The summed E-state index contributed by atoms with van der Waals surface area (Å²) in [4.78, 5) is 40.2. The lowest BCUT2D eigenvalue weighted by atomic mass is 9.87. The second-order valence-corrected chi connectivity index (χ2v) is 11.5. The number of nitrogens with zero attached hydrogens (tertiary/aromatic N) is 1. The van der Waals surface area contributed by atoms with Crippen molar-refractivity contribution in [1.29, 1.82) is 0 Å². The number of hydrogen-bond acceptors (Lipinski definition) is 4. The number of esters is 1. The Balaban J connectivity index is 1.25. The molecule has 2 aliphatic carbocycles. The summed E-state index contributed by atoms with van der Waals surface area (Å²) in [6, 6.07) is 21.7. The largest absolute Gasteiger partial charge is 0.465 e. The quantitative estimate of drug-likeness (QED) is 0.407. The van der Waals surface area contributed by atoms with Crippen LogP contribution in [0.4, 0.5) is 4.79 Å². The number of benzene rings is 3.